The number of rotatable bonds is 6. The molecule has 0 atom stereocenters. The van der Waals surface area contributed by atoms with Crippen molar-refractivity contribution in [3.05, 3.63) is 12.3 Å². The number of ether oxygens (including phenoxy) is 2. The Labute approximate surface area is 101 Å². The summed E-state index contributed by atoms with van der Waals surface area (Å²) in [4.78, 5) is 21.1. The van der Waals surface area contributed by atoms with E-state index in [2.05, 4.69) is 9.97 Å². The van der Waals surface area contributed by atoms with Crippen molar-refractivity contribution >= 4 is 11.9 Å². The number of likely N-dealkylation sites (N-methyl/N-ethyl adjacent to an activating group) is 1. The van der Waals surface area contributed by atoms with Crippen molar-refractivity contribution in [3.8, 4) is 5.88 Å². The smallest absolute Gasteiger partial charge is 0.325 e. The number of esters is 1. The van der Waals surface area contributed by atoms with Crippen molar-refractivity contribution in [2.24, 2.45) is 0 Å². The Morgan fingerprint density at radius 1 is 1.41 bits per heavy atom. The third-order valence-corrected chi connectivity index (χ3v) is 1.92. The molecule has 1 rings (SSSR count). The normalized spacial score (nSPS) is 9.82. The zero-order chi connectivity index (χ0) is 12.7. The molecule has 0 saturated carbocycles. The molecule has 0 fully saturated rings. The highest BCUT2D eigenvalue weighted by molar-refractivity contribution is 5.74. The first-order valence-electron chi connectivity index (χ1n) is 5.50. The van der Waals surface area contributed by atoms with Gasteiger partial charge in [0.2, 0.25) is 11.8 Å². The van der Waals surface area contributed by atoms with Gasteiger partial charge in [-0.3, -0.25) is 4.79 Å². The third-order valence-electron chi connectivity index (χ3n) is 1.92. The molecule has 0 aliphatic carbocycles. The van der Waals surface area contributed by atoms with Gasteiger partial charge in [-0.25, -0.2) is 4.98 Å². The van der Waals surface area contributed by atoms with E-state index in [0.29, 0.717) is 25.0 Å². The molecule has 0 amide bonds. The maximum atomic E-state index is 11.3. The van der Waals surface area contributed by atoms with E-state index in [9.17, 15) is 4.79 Å². The van der Waals surface area contributed by atoms with Gasteiger partial charge in [-0.1, -0.05) is 0 Å². The number of anilines is 1. The van der Waals surface area contributed by atoms with E-state index in [1.54, 1.807) is 31.1 Å². The van der Waals surface area contributed by atoms with Crippen molar-refractivity contribution in [3.63, 3.8) is 0 Å². The van der Waals surface area contributed by atoms with Gasteiger partial charge in [0.15, 0.2) is 0 Å². The second-order valence-electron chi connectivity index (χ2n) is 3.29. The van der Waals surface area contributed by atoms with E-state index in [-0.39, 0.29) is 12.5 Å². The molecule has 0 saturated heterocycles. The minimum atomic E-state index is -0.305. The summed E-state index contributed by atoms with van der Waals surface area (Å²) >= 11 is 0. The van der Waals surface area contributed by atoms with Gasteiger partial charge in [-0.05, 0) is 13.8 Å². The molecule has 0 N–H and O–H groups in total. The SMILES string of the molecule is CCOC(=O)CN(C)c1nccc(OCC)n1. The number of carbonyl (C=O) groups excluding carboxylic acids is 1. The van der Waals surface area contributed by atoms with E-state index in [0.717, 1.165) is 0 Å². The molecule has 0 aliphatic heterocycles. The van der Waals surface area contributed by atoms with Gasteiger partial charge in [0.25, 0.3) is 0 Å². The van der Waals surface area contributed by atoms with Crippen LogP contribution >= 0.6 is 0 Å². The Bertz CT molecular complexity index is 371. The highest BCUT2D eigenvalue weighted by Crippen LogP contribution is 2.11. The van der Waals surface area contributed by atoms with Crippen LogP contribution < -0.4 is 9.64 Å². The predicted octanol–water partition coefficient (Wildman–Crippen LogP) is 0.875. The highest BCUT2D eigenvalue weighted by atomic mass is 16.5. The summed E-state index contributed by atoms with van der Waals surface area (Å²) in [7, 11) is 1.72. The summed E-state index contributed by atoms with van der Waals surface area (Å²) in [6.45, 7) is 4.67. The monoisotopic (exact) mass is 239 g/mol. The first kappa shape index (κ1) is 13.2. The van der Waals surface area contributed by atoms with Crippen LogP contribution in [0.3, 0.4) is 0 Å². The van der Waals surface area contributed by atoms with Crippen molar-refractivity contribution in [2.45, 2.75) is 13.8 Å². The lowest BCUT2D eigenvalue weighted by molar-refractivity contribution is -0.141. The van der Waals surface area contributed by atoms with Gasteiger partial charge >= 0.3 is 5.97 Å². The van der Waals surface area contributed by atoms with Crippen LogP contribution in [-0.4, -0.2) is 42.7 Å². The Morgan fingerprint density at radius 3 is 2.82 bits per heavy atom. The number of hydrogen-bond acceptors (Lipinski definition) is 6. The maximum absolute atomic E-state index is 11.3. The van der Waals surface area contributed by atoms with Gasteiger partial charge < -0.3 is 14.4 Å². The third kappa shape index (κ3) is 4.26. The fourth-order valence-electron chi connectivity index (χ4n) is 1.22. The minimum absolute atomic E-state index is 0.115. The summed E-state index contributed by atoms with van der Waals surface area (Å²) in [6, 6.07) is 1.67. The maximum Gasteiger partial charge on any atom is 0.325 e. The second-order valence-corrected chi connectivity index (χ2v) is 3.29. The zero-order valence-corrected chi connectivity index (χ0v) is 10.3. The fraction of sp³-hybridized carbons (Fsp3) is 0.545. The van der Waals surface area contributed by atoms with Crippen molar-refractivity contribution < 1.29 is 14.3 Å². The summed E-state index contributed by atoms with van der Waals surface area (Å²) in [6.07, 6.45) is 1.59. The van der Waals surface area contributed by atoms with E-state index >= 15 is 0 Å². The first-order chi connectivity index (χ1) is 8.17. The Kier molecular flexibility index (Phi) is 5.19. The largest absolute Gasteiger partial charge is 0.478 e. The van der Waals surface area contributed by atoms with Gasteiger partial charge in [0.05, 0.1) is 13.2 Å². The molecule has 0 spiro atoms. The summed E-state index contributed by atoms with van der Waals surface area (Å²) < 4.78 is 10.1. The number of aromatic nitrogens is 2. The Morgan fingerprint density at radius 2 is 2.18 bits per heavy atom. The molecule has 17 heavy (non-hydrogen) atoms. The fourth-order valence-corrected chi connectivity index (χ4v) is 1.22. The lowest BCUT2D eigenvalue weighted by atomic mass is 10.5. The van der Waals surface area contributed by atoms with Crippen LogP contribution in [0, 0.1) is 0 Å². The Balaban J connectivity index is 2.64. The predicted molar refractivity (Wildman–Crippen MR) is 63.1 cm³/mol. The van der Waals surface area contributed by atoms with Gasteiger partial charge in [0, 0.05) is 19.3 Å². The van der Waals surface area contributed by atoms with E-state index < -0.39 is 0 Å². The summed E-state index contributed by atoms with van der Waals surface area (Å²) in [5, 5.41) is 0. The number of carbonyl (C=O) groups is 1. The van der Waals surface area contributed by atoms with Crippen LogP contribution in [-0.2, 0) is 9.53 Å². The van der Waals surface area contributed by atoms with Crippen LogP contribution in [0.4, 0.5) is 5.95 Å². The molecule has 1 heterocycles. The molecule has 0 aromatic carbocycles. The Hall–Kier alpha value is -1.85. The van der Waals surface area contributed by atoms with Gasteiger partial charge in [0.1, 0.15) is 6.54 Å². The number of hydrogen-bond donors (Lipinski definition) is 0. The van der Waals surface area contributed by atoms with Crippen molar-refractivity contribution in [1.29, 1.82) is 0 Å². The van der Waals surface area contributed by atoms with Crippen molar-refractivity contribution in [2.75, 3.05) is 31.7 Å². The topological polar surface area (TPSA) is 64.5 Å². The summed E-state index contributed by atoms with van der Waals surface area (Å²) in [5.74, 6) is 0.623. The molecule has 1 aromatic rings. The average Bonchev–Trinajstić information content (AvgIpc) is 2.30. The molecule has 0 radical (unpaired) electrons. The van der Waals surface area contributed by atoms with Crippen LogP contribution in [0.25, 0.3) is 0 Å². The van der Waals surface area contributed by atoms with Crippen LogP contribution in [0.5, 0.6) is 5.88 Å². The van der Waals surface area contributed by atoms with Gasteiger partial charge in [-0.15, -0.1) is 0 Å². The van der Waals surface area contributed by atoms with Gasteiger partial charge in [-0.2, -0.15) is 4.98 Å². The van der Waals surface area contributed by atoms with E-state index in [4.69, 9.17) is 9.47 Å². The molecule has 6 nitrogen and oxygen atoms in total. The summed E-state index contributed by atoms with van der Waals surface area (Å²) in [5.41, 5.74) is 0. The number of nitrogens with zero attached hydrogens (tertiary/aromatic N) is 3. The quantitative estimate of drug-likeness (QED) is 0.686. The minimum Gasteiger partial charge on any atom is -0.478 e. The molecule has 1 aromatic heterocycles. The first-order valence-corrected chi connectivity index (χ1v) is 5.50. The van der Waals surface area contributed by atoms with Crippen LogP contribution in [0.1, 0.15) is 13.8 Å². The van der Waals surface area contributed by atoms with E-state index in [1.807, 2.05) is 6.92 Å². The molecule has 0 aliphatic rings. The molecule has 94 valence electrons. The highest BCUT2D eigenvalue weighted by Gasteiger charge is 2.11. The standard InChI is InChI=1S/C11H17N3O3/c1-4-16-9-6-7-12-11(13-9)14(3)8-10(15)17-5-2/h6-7H,4-5,8H2,1-3H3. The van der Waals surface area contributed by atoms with E-state index in [1.165, 1.54) is 0 Å². The molecule has 6 heteroatoms. The lowest BCUT2D eigenvalue weighted by Gasteiger charge is -2.16. The van der Waals surface area contributed by atoms with Crippen molar-refractivity contribution in [1.82, 2.24) is 9.97 Å². The lowest BCUT2D eigenvalue weighted by Crippen LogP contribution is -2.28. The molecule has 0 unspecified atom stereocenters. The zero-order valence-electron chi connectivity index (χ0n) is 10.3. The molecular formula is C11H17N3O3. The average molecular weight is 239 g/mol. The molecule has 0 bridgehead atoms. The van der Waals surface area contributed by atoms with Crippen LogP contribution in [0.15, 0.2) is 12.3 Å². The molecular weight excluding hydrogens is 222 g/mol. The second kappa shape index (κ2) is 6.67. The van der Waals surface area contributed by atoms with Crippen LogP contribution in [0.2, 0.25) is 0 Å².